The van der Waals surface area contributed by atoms with Gasteiger partial charge in [-0.05, 0) is 50.2 Å². The Morgan fingerprint density at radius 2 is 1.27 bits per heavy atom. The zero-order valence-corrected chi connectivity index (χ0v) is 19.7. The fraction of sp³-hybridized carbons (Fsp3) is 0.696. The van der Waals surface area contributed by atoms with Crippen LogP contribution in [0.3, 0.4) is 0 Å². The van der Waals surface area contributed by atoms with E-state index in [1.807, 2.05) is 0 Å². The molecule has 2 nitrogen and oxygen atoms in total. The van der Waals surface area contributed by atoms with Gasteiger partial charge in [0.1, 0.15) is 5.78 Å². The van der Waals surface area contributed by atoms with Gasteiger partial charge in [0.15, 0.2) is 0 Å². The highest BCUT2D eigenvalue weighted by Crippen LogP contribution is 2.53. The Kier molecular flexibility index (Phi) is 6.30. The van der Waals surface area contributed by atoms with Crippen molar-refractivity contribution in [3.05, 3.63) is 36.6 Å². The predicted octanol–water partition coefficient (Wildman–Crippen LogP) is 6.91. The number of hydrogen-bond donors (Lipinski definition) is 0. The maximum absolute atomic E-state index is 11.3. The molecule has 2 rings (SSSR count). The van der Waals surface area contributed by atoms with Crippen molar-refractivity contribution in [3.8, 4) is 0 Å². The minimum Gasteiger partial charge on any atom is -0.547 e. The van der Waals surface area contributed by atoms with Gasteiger partial charge in [-0.3, -0.25) is 4.79 Å². The summed E-state index contributed by atoms with van der Waals surface area (Å²) in [6.45, 7) is 25.5. The van der Waals surface area contributed by atoms with Crippen molar-refractivity contribution in [2.45, 2.75) is 80.9 Å². The Morgan fingerprint density at radius 3 is 1.50 bits per heavy atom. The number of rotatable bonds is 4. The van der Waals surface area contributed by atoms with Crippen molar-refractivity contribution < 1.29 is 9.22 Å². The zero-order chi connectivity index (χ0) is 20.6. The molecule has 0 N–H and O–H groups in total. The molecular weight excluding hydrogens is 336 g/mol. The Morgan fingerprint density at radius 1 is 0.885 bits per heavy atom. The fourth-order valence-electron chi connectivity index (χ4n) is 3.63. The minimum absolute atomic E-state index is 0.0405. The van der Waals surface area contributed by atoms with Crippen molar-refractivity contribution in [2.24, 2.45) is 21.7 Å². The first-order valence-electron chi connectivity index (χ1n) is 9.73. The smallest absolute Gasteiger partial charge is 0.241 e. The lowest BCUT2D eigenvalue weighted by Gasteiger charge is -2.41. The number of hydrogen-bond acceptors (Lipinski definition) is 2. The highest BCUT2D eigenvalue weighted by atomic mass is 28.4. The lowest BCUT2D eigenvalue weighted by atomic mass is 9.67. The molecule has 2 aliphatic carbocycles. The number of Topliss-reactive ketones (excluding diaryl/α,β-unsaturated/α-hetero) is 1. The molecular formula is C23H40O2Si. The second-order valence-electron chi connectivity index (χ2n) is 10.5. The van der Waals surface area contributed by atoms with Gasteiger partial charge >= 0.3 is 0 Å². The molecule has 2 aliphatic rings. The van der Waals surface area contributed by atoms with E-state index < -0.39 is 8.32 Å². The van der Waals surface area contributed by atoms with Crippen molar-refractivity contribution in [1.82, 2.24) is 0 Å². The van der Waals surface area contributed by atoms with Gasteiger partial charge in [-0.2, -0.15) is 0 Å². The summed E-state index contributed by atoms with van der Waals surface area (Å²) in [5.41, 5.74) is 0.100. The van der Waals surface area contributed by atoms with Crippen LogP contribution in [0.2, 0.25) is 19.6 Å². The van der Waals surface area contributed by atoms with E-state index in [1.165, 1.54) is 0 Å². The van der Waals surface area contributed by atoms with Gasteiger partial charge in [0.2, 0.25) is 8.32 Å². The number of carbonyl (C=O) groups excluding carboxylic acids is 1. The molecule has 2 atom stereocenters. The molecule has 0 radical (unpaired) electrons. The highest BCUT2D eigenvalue weighted by molar-refractivity contribution is 6.70. The van der Waals surface area contributed by atoms with Crippen LogP contribution in [0, 0.1) is 21.7 Å². The number of ketones is 1. The first-order chi connectivity index (χ1) is 11.5. The Balaban J connectivity index is 0.000000273. The minimum atomic E-state index is -1.52. The molecule has 0 aliphatic heterocycles. The third-order valence-corrected chi connectivity index (χ3v) is 7.65. The molecule has 0 saturated carbocycles. The van der Waals surface area contributed by atoms with Gasteiger partial charge in [0.25, 0.3) is 0 Å². The lowest BCUT2D eigenvalue weighted by Crippen LogP contribution is -2.37. The Bertz CT molecular complexity index is 619. The quantitative estimate of drug-likeness (QED) is 0.302. The van der Waals surface area contributed by atoms with E-state index in [0.29, 0.717) is 5.78 Å². The monoisotopic (exact) mass is 376 g/mol. The average molecular weight is 377 g/mol. The van der Waals surface area contributed by atoms with Crippen LogP contribution >= 0.6 is 0 Å². The molecule has 0 heterocycles. The van der Waals surface area contributed by atoms with Crippen molar-refractivity contribution >= 4 is 14.1 Å². The summed E-state index contributed by atoms with van der Waals surface area (Å²) >= 11 is 0. The van der Waals surface area contributed by atoms with E-state index in [2.05, 4.69) is 92.1 Å². The summed E-state index contributed by atoms with van der Waals surface area (Å²) in [5.74, 6) is 1.27. The van der Waals surface area contributed by atoms with Gasteiger partial charge in [0, 0.05) is 10.8 Å². The van der Waals surface area contributed by atoms with Crippen LogP contribution in [0.25, 0.3) is 0 Å². The Hall–Kier alpha value is -1.09. The lowest BCUT2D eigenvalue weighted by molar-refractivity contribution is -0.129. The van der Waals surface area contributed by atoms with Crippen LogP contribution < -0.4 is 0 Å². The van der Waals surface area contributed by atoms with Crippen molar-refractivity contribution in [1.29, 1.82) is 0 Å². The molecule has 0 amide bonds. The first kappa shape index (κ1) is 22.9. The normalized spacial score (nSPS) is 31.3. The predicted molar refractivity (Wildman–Crippen MR) is 116 cm³/mol. The summed E-state index contributed by atoms with van der Waals surface area (Å²) in [4.78, 5) is 11.3. The molecule has 0 spiro atoms. The number of allylic oxidation sites excluding steroid dienone is 5. The van der Waals surface area contributed by atoms with Gasteiger partial charge < -0.3 is 4.43 Å². The molecule has 26 heavy (non-hydrogen) atoms. The highest BCUT2D eigenvalue weighted by Gasteiger charge is 2.46. The molecule has 0 aromatic rings. The third-order valence-electron chi connectivity index (χ3n) is 6.79. The van der Waals surface area contributed by atoms with Gasteiger partial charge in [-0.1, -0.05) is 72.4 Å². The fourth-order valence-corrected chi connectivity index (χ4v) is 4.59. The summed E-state index contributed by atoms with van der Waals surface area (Å²) < 4.78 is 6.06. The SMILES string of the molecule is C=C(O[Si](C)(C)C)[C@]1(C)CC=CC1(C)C.CC(=O)[C@]1(C)CC=CC1(C)C. The maximum Gasteiger partial charge on any atom is 0.241 e. The second kappa shape index (κ2) is 7.14. The van der Waals surface area contributed by atoms with Crippen LogP contribution in [0.5, 0.6) is 0 Å². The van der Waals surface area contributed by atoms with E-state index in [1.54, 1.807) is 6.92 Å². The molecule has 0 aromatic carbocycles. The van der Waals surface area contributed by atoms with Gasteiger partial charge in [-0.15, -0.1) is 0 Å². The van der Waals surface area contributed by atoms with Crippen LogP contribution in [-0.4, -0.2) is 14.1 Å². The van der Waals surface area contributed by atoms with Crippen LogP contribution in [0.1, 0.15) is 61.3 Å². The topological polar surface area (TPSA) is 26.3 Å². The van der Waals surface area contributed by atoms with Gasteiger partial charge in [-0.25, -0.2) is 0 Å². The molecule has 0 bridgehead atoms. The molecule has 0 aromatic heterocycles. The average Bonchev–Trinajstić information content (AvgIpc) is 2.87. The Labute approximate surface area is 162 Å². The van der Waals surface area contributed by atoms with E-state index in [-0.39, 0.29) is 21.7 Å². The van der Waals surface area contributed by atoms with Crippen LogP contribution in [-0.2, 0) is 9.22 Å². The third kappa shape index (κ3) is 4.41. The molecule has 0 fully saturated rings. The van der Waals surface area contributed by atoms with E-state index in [9.17, 15) is 4.79 Å². The van der Waals surface area contributed by atoms with Crippen LogP contribution in [0.15, 0.2) is 36.6 Å². The summed E-state index contributed by atoms with van der Waals surface area (Å²) in [6, 6.07) is 0. The van der Waals surface area contributed by atoms with Crippen molar-refractivity contribution in [3.63, 3.8) is 0 Å². The zero-order valence-electron chi connectivity index (χ0n) is 18.7. The molecule has 3 heteroatoms. The molecule has 0 saturated heterocycles. The van der Waals surface area contributed by atoms with Gasteiger partial charge in [0.05, 0.1) is 5.76 Å². The number of carbonyl (C=O) groups is 1. The first-order valence-corrected chi connectivity index (χ1v) is 13.1. The summed E-state index contributed by atoms with van der Waals surface area (Å²) in [7, 11) is -1.52. The second-order valence-corrected chi connectivity index (χ2v) is 14.9. The molecule has 148 valence electrons. The van der Waals surface area contributed by atoms with E-state index >= 15 is 0 Å². The van der Waals surface area contributed by atoms with E-state index in [4.69, 9.17) is 4.43 Å². The largest absolute Gasteiger partial charge is 0.547 e. The van der Waals surface area contributed by atoms with E-state index in [0.717, 1.165) is 18.6 Å². The molecule has 0 unspecified atom stereocenters. The van der Waals surface area contributed by atoms with Crippen LogP contribution in [0.4, 0.5) is 0 Å². The maximum atomic E-state index is 11.3. The van der Waals surface area contributed by atoms with Crippen molar-refractivity contribution in [2.75, 3.05) is 0 Å². The summed E-state index contributed by atoms with van der Waals surface area (Å²) in [5, 5.41) is 0. The standard InChI is InChI=1S/C13H24OSi.C10H16O/c1-11(14-15(5,6)7)13(4)10-8-9-12(13,2)3;1-8(11)10(4)7-5-6-9(10,2)3/h8-9H,1,10H2,2-7H3;5-6H,7H2,1-4H3/t13-;10-/m00/s1. The summed E-state index contributed by atoms with van der Waals surface area (Å²) in [6.07, 6.45) is 10.7.